The van der Waals surface area contributed by atoms with Gasteiger partial charge in [-0.15, -0.1) is 0 Å². The number of sulfone groups is 1. The summed E-state index contributed by atoms with van der Waals surface area (Å²) >= 11 is 0. The number of esters is 1. The Labute approximate surface area is 125 Å². The summed E-state index contributed by atoms with van der Waals surface area (Å²) in [7, 11) is 0.697. The summed E-state index contributed by atoms with van der Waals surface area (Å²) in [5, 5.41) is 0. The molecule has 0 heterocycles. The quantitative estimate of drug-likeness (QED) is 0.464. The smallest absolute Gasteiger partial charge is 0.338 e. The molecule has 0 aliphatic carbocycles. The van der Waals surface area contributed by atoms with E-state index in [2.05, 4.69) is 0 Å². The van der Waals surface area contributed by atoms with Gasteiger partial charge in [-0.3, -0.25) is 0 Å². The molecule has 0 spiro atoms. The Bertz CT molecular complexity index is 597. The topological polar surface area (TPSA) is 89.7 Å². The molecule has 0 bridgehead atoms. The van der Waals surface area contributed by atoms with Crippen LogP contribution in [0.15, 0.2) is 18.2 Å². The van der Waals surface area contributed by atoms with E-state index in [0.717, 1.165) is 5.69 Å². The van der Waals surface area contributed by atoms with Crippen LogP contribution in [0.25, 0.3) is 0 Å². The highest BCUT2D eigenvalue weighted by Crippen LogP contribution is 2.22. The zero-order chi connectivity index (χ0) is 16.0. The Morgan fingerprint density at radius 3 is 2.52 bits per heavy atom. The fourth-order valence-electron chi connectivity index (χ4n) is 1.76. The molecule has 1 rings (SSSR count). The van der Waals surface area contributed by atoms with E-state index in [9.17, 15) is 13.2 Å². The Hall–Kier alpha value is -1.76. The van der Waals surface area contributed by atoms with Gasteiger partial charge in [-0.05, 0) is 24.6 Å². The molecule has 0 saturated carbocycles. The van der Waals surface area contributed by atoms with E-state index in [1.165, 1.54) is 0 Å². The van der Waals surface area contributed by atoms with Gasteiger partial charge in [-0.2, -0.15) is 0 Å². The van der Waals surface area contributed by atoms with Crippen LogP contribution in [0.2, 0.25) is 0 Å². The molecule has 0 unspecified atom stereocenters. The minimum Gasteiger partial charge on any atom is -0.462 e. The Kier molecular flexibility index (Phi) is 6.02. The number of ether oxygens (including phenoxy) is 1. The van der Waals surface area contributed by atoms with Crippen LogP contribution in [0.5, 0.6) is 0 Å². The average molecular weight is 314 g/mol. The normalized spacial score (nSPS) is 11.2. The third-order valence-corrected chi connectivity index (χ3v) is 4.81. The van der Waals surface area contributed by atoms with Gasteiger partial charge in [0.1, 0.15) is 9.84 Å². The molecule has 2 N–H and O–H groups in total. The van der Waals surface area contributed by atoms with E-state index in [1.54, 1.807) is 25.1 Å². The van der Waals surface area contributed by atoms with Gasteiger partial charge in [0, 0.05) is 19.8 Å². The number of hydrogen-bond donors (Lipinski definition) is 1. The highest BCUT2D eigenvalue weighted by atomic mass is 32.2. The predicted molar refractivity (Wildman–Crippen MR) is 84.4 cm³/mol. The summed E-state index contributed by atoms with van der Waals surface area (Å²) in [6.07, 6.45) is 0.299. The summed E-state index contributed by atoms with van der Waals surface area (Å²) in [5.41, 5.74) is 7.53. The monoisotopic (exact) mass is 314 g/mol. The average Bonchev–Trinajstić information content (AvgIpc) is 2.42. The van der Waals surface area contributed by atoms with Crippen molar-refractivity contribution >= 4 is 27.2 Å². The molecule has 7 heteroatoms. The van der Waals surface area contributed by atoms with Crippen molar-refractivity contribution in [1.29, 1.82) is 0 Å². The second-order valence-electron chi connectivity index (χ2n) is 4.89. The van der Waals surface area contributed by atoms with Crippen molar-refractivity contribution in [2.75, 3.05) is 42.8 Å². The van der Waals surface area contributed by atoms with E-state index in [0.29, 0.717) is 17.7 Å². The molecule has 0 aliphatic heterocycles. The molecule has 0 radical (unpaired) electrons. The second-order valence-corrected chi connectivity index (χ2v) is 7.37. The molecule has 118 valence electrons. The number of nitrogen functional groups attached to an aromatic ring is 1. The van der Waals surface area contributed by atoms with E-state index in [1.807, 2.05) is 19.0 Å². The van der Waals surface area contributed by atoms with Gasteiger partial charge in [0.15, 0.2) is 0 Å². The van der Waals surface area contributed by atoms with Crippen LogP contribution in [0.1, 0.15) is 23.7 Å². The van der Waals surface area contributed by atoms with Crippen molar-refractivity contribution in [3.05, 3.63) is 23.8 Å². The molecule has 1 aromatic rings. The molecule has 0 aliphatic rings. The van der Waals surface area contributed by atoms with Crippen LogP contribution in [-0.2, 0) is 14.6 Å². The maximum atomic E-state index is 11.8. The number of carbonyl (C=O) groups excluding carboxylic acids is 1. The SMILES string of the molecule is CCS(=O)(=O)CCCOC(=O)c1ccc(N(C)C)c(N)c1. The minimum absolute atomic E-state index is 0.0263. The zero-order valence-corrected chi connectivity index (χ0v) is 13.4. The second kappa shape index (κ2) is 7.31. The number of carbonyl (C=O) groups is 1. The molecule has 0 fully saturated rings. The molecule has 0 saturated heterocycles. The van der Waals surface area contributed by atoms with Crippen molar-refractivity contribution in [2.24, 2.45) is 0 Å². The number of nitrogens with zero attached hydrogens (tertiary/aromatic N) is 1. The first-order valence-electron chi connectivity index (χ1n) is 6.71. The molecular weight excluding hydrogens is 292 g/mol. The summed E-state index contributed by atoms with van der Waals surface area (Å²) in [6, 6.07) is 4.94. The van der Waals surface area contributed by atoms with Crippen LogP contribution >= 0.6 is 0 Å². The van der Waals surface area contributed by atoms with Crippen LogP contribution in [0.3, 0.4) is 0 Å². The fraction of sp³-hybridized carbons (Fsp3) is 0.500. The number of nitrogens with two attached hydrogens (primary N) is 1. The molecule has 21 heavy (non-hydrogen) atoms. The van der Waals surface area contributed by atoms with Gasteiger partial charge in [0.05, 0.1) is 29.3 Å². The highest BCUT2D eigenvalue weighted by Gasteiger charge is 2.12. The Morgan fingerprint density at radius 2 is 2.00 bits per heavy atom. The van der Waals surface area contributed by atoms with Gasteiger partial charge in [0.25, 0.3) is 0 Å². The summed E-state index contributed by atoms with van der Waals surface area (Å²) in [4.78, 5) is 13.7. The molecular formula is C14H22N2O4S. The summed E-state index contributed by atoms with van der Waals surface area (Å²) < 4.78 is 27.6. The number of hydrogen-bond acceptors (Lipinski definition) is 6. The lowest BCUT2D eigenvalue weighted by molar-refractivity contribution is 0.0506. The molecule has 0 aromatic heterocycles. The first-order chi connectivity index (χ1) is 9.76. The van der Waals surface area contributed by atoms with Gasteiger partial charge >= 0.3 is 5.97 Å². The number of benzene rings is 1. The fourth-order valence-corrected chi connectivity index (χ4v) is 2.61. The highest BCUT2D eigenvalue weighted by molar-refractivity contribution is 7.91. The van der Waals surface area contributed by atoms with Crippen molar-refractivity contribution in [3.63, 3.8) is 0 Å². The third kappa shape index (κ3) is 5.26. The Balaban J connectivity index is 2.55. The van der Waals surface area contributed by atoms with Gasteiger partial charge in [-0.1, -0.05) is 6.92 Å². The molecule has 1 aromatic carbocycles. The van der Waals surface area contributed by atoms with Crippen LogP contribution < -0.4 is 10.6 Å². The van der Waals surface area contributed by atoms with E-state index in [-0.39, 0.29) is 18.1 Å². The summed E-state index contributed by atoms with van der Waals surface area (Å²) in [6.45, 7) is 1.67. The van der Waals surface area contributed by atoms with Crippen molar-refractivity contribution in [3.8, 4) is 0 Å². The lowest BCUT2D eigenvalue weighted by Gasteiger charge is -2.15. The largest absolute Gasteiger partial charge is 0.462 e. The lowest BCUT2D eigenvalue weighted by atomic mass is 10.1. The Morgan fingerprint density at radius 1 is 1.33 bits per heavy atom. The van der Waals surface area contributed by atoms with Gasteiger partial charge in [0.2, 0.25) is 0 Å². The summed E-state index contributed by atoms with van der Waals surface area (Å²) in [5.74, 6) is -0.372. The van der Waals surface area contributed by atoms with Gasteiger partial charge < -0.3 is 15.4 Å². The lowest BCUT2D eigenvalue weighted by Crippen LogP contribution is -2.14. The van der Waals surface area contributed by atoms with Gasteiger partial charge in [-0.25, -0.2) is 13.2 Å². The van der Waals surface area contributed by atoms with Crippen molar-refractivity contribution < 1.29 is 17.9 Å². The van der Waals surface area contributed by atoms with E-state index < -0.39 is 15.8 Å². The minimum atomic E-state index is -3.02. The third-order valence-electron chi connectivity index (χ3n) is 3.02. The van der Waals surface area contributed by atoms with Crippen LogP contribution in [-0.4, -0.2) is 46.6 Å². The maximum absolute atomic E-state index is 11.8. The number of rotatable bonds is 7. The first kappa shape index (κ1) is 17.3. The van der Waals surface area contributed by atoms with E-state index in [4.69, 9.17) is 10.5 Å². The van der Waals surface area contributed by atoms with Crippen LogP contribution in [0.4, 0.5) is 11.4 Å². The predicted octanol–water partition coefficient (Wildman–Crippen LogP) is 1.32. The van der Waals surface area contributed by atoms with Crippen molar-refractivity contribution in [2.45, 2.75) is 13.3 Å². The molecule has 0 amide bonds. The maximum Gasteiger partial charge on any atom is 0.338 e. The number of anilines is 2. The standard InChI is InChI=1S/C14H22N2O4S/c1-4-21(18,19)9-5-8-20-14(17)11-6-7-13(16(2)3)12(15)10-11/h6-7,10H,4-5,8-9,15H2,1-3H3. The van der Waals surface area contributed by atoms with Crippen molar-refractivity contribution in [1.82, 2.24) is 0 Å². The molecule has 0 atom stereocenters. The van der Waals surface area contributed by atoms with Crippen LogP contribution in [0, 0.1) is 0 Å². The zero-order valence-electron chi connectivity index (χ0n) is 12.6. The van der Waals surface area contributed by atoms with E-state index >= 15 is 0 Å². The molecule has 6 nitrogen and oxygen atoms in total. The first-order valence-corrected chi connectivity index (χ1v) is 8.53.